The van der Waals surface area contributed by atoms with E-state index in [-0.39, 0.29) is 5.56 Å². The number of aliphatic carboxylic acids is 1. The Morgan fingerprint density at radius 3 is 2.88 bits per heavy atom. The number of carbonyl (C=O) groups is 1. The van der Waals surface area contributed by atoms with Crippen LogP contribution in [0.15, 0.2) is 23.0 Å². The number of fused-ring (bicyclic) bond motifs is 1. The minimum Gasteiger partial charge on any atom is -0.481 e. The number of benzene rings is 1. The van der Waals surface area contributed by atoms with Gasteiger partial charge in [-0.2, -0.15) is 0 Å². The van der Waals surface area contributed by atoms with Gasteiger partial charge < -0.3 is 5.11 Å². The molecular formula is C12H14N2O3. The van der Waals surface area contributed by atoms with Crippen LogP contribution in [0.1, 0.15) is 12.5 Å². The third kappa shape index (κ3) is 2.08. The van der Waals surface area contributed by atoms with E-state index in [4.69, 9.17) is 5.11 Å². The Morgan fingerprint density at radius 1 is 1.53 bits per heavy atom. The lowest BCUT2D eigenvalue weighted by Gasteiger charge is -2.06. The number of carboxylic acids is 1. The van der Waals surface area contributed by atoms with Crippen LogP contribution in [0.5, 0.6) is 0 Å². The minimum atomic E-state index is -0.812. The third-order valence-corrected chi connectivity index (χ3v) is 2.90. The first kappa shape index (κ1) is 11.4. The molecular weight excluding hydrogens is 220 g/mol. The molecule has 90 valence electrons. The lowest BCUT2D eigenvalue weighted by molar-refractivity contribution is -0.141. The summed E-state index contributed by atoms with van der Waals surface area (Å²) in [5.41, 5.74) is 1.59. The smallest absolute Gasteiger partial charge is 0.306 e. The highest BCUT2D eigenvalue weighted by Crippen LogP contribution is 2.15. The SMILES string of the molecule is CC(Cc1ccc2c(=O)[nH]n(C)c2c1)C(=O)O. The summed E-state index contributed by atoms with van der Waals surface area (Å²) in [7, 11) is 1.76. The van der Waals surface area contributed by atoms with Crippen LogP contribution in [-0.4, -0.2) is 20.9 Å². The van der Waals surface area contributed by atoms with Crippen LogP contribution in [-0.2, 0) is 18.3 Å². The van der Waals surface area contributed by atoms with Gasteiger partial charge in [-0.3, -0.25) is 19.4 Å². The number of hydrogen-bond donors (Lipinski definition) is 2. The number of rotatable bonds is 3. The molecule has 5 heteroatoms. The lowest BCUT2D eigenvalue weighted by Crippen LogP contribution is -2.12. The number of aromatic nitrogens is 2. The van der Waals surface area contributed by atoms with E-state index in [1.54, 1.807) is 30.8 Å². The molecule has 0 aliphatic rings. The first-order valence-electron chi connectivity index (χ1n) is 5.39. The highest BCUT2D eigenvalue weighted by atomic mass is 16.4. The van der Waals surface area contributed by atoms with Gasteiger partial charge in [0.15, 0.2) is 0 Å². The fourth-order valence-corrected chi connectivity index (χ4v) is 1.89. The predicted octanol–water partition coefficient (Wildman–Crippen LogP) is 1.13. The van der Waals surface area contributed by atoms with Gasteiger partial charge >= 0.3 is 5.97 Å². The fraction of sp³-hybridized carbons (Fsp3) is 0.333. The van der Waals surface area contributed by atoms with E-state index in [0.717, 1.165) is 11.1 Å². The normalized spacial score (nSPS) is 12.8. The van der Waals surface area contributed by atoms with Crippen LogP contribution in [0.25, 0.3) is 10.9 Å². The summed E-state index contributed by atoms with van der Waals surface area (Å²) < 4.78 is 1.65. The highest BCUT2D eigenvalue weighted by molar-refractivity contribution is 5.79. The molecule has 2 aromatic rings. The van der Waals surface area contributed by atoms with Crippen molar-refractivity contribution in [1.29, 1.82) is 0 Å². The Hall–Kier alpha value is -2.04. The third-order valence-electron chi connectivity index (χ3n) is 2.90. The topological polar surface area (TPSA) is 75.1 Å². The van der Waals surface area contributed by atoms with E-state index in [1.165, 1.54) is 0 Å². The summed E-state index contributed by atoms with van der Waals surface area (Å²) in [6.07, 6.45) is 0.463. The predicted molar refractivity (Wildman–Crippen MR) is 64.0 cm³/mol. The van der Waals surface area contributed by atoms with Crippen LogP contribution in [0.4, 0.5) is 0 Å². The molecule has 5 nitrogen and oxygen atoms in total. The quantitative estimate of drug-likeness (QED) is 0.835. The first-order valence-corrected chi connectivity index (χ1v) is 5.39. The minimum absolute atomic E-state index is 0.125. The molecule has 1 atom stereocenters. The van der Waals surface area contributed by atoms with Gasteiger partial charge in [-0.25, -0.2) is 0 Å². The lowest BCUT2D eigenvalue weighted by atomic mass is 10.0. The van der Waals surface area contributed by atoms with Crippen molar-refractivity contribution in [2.24, 2.45) is 13.0 Å². The van der Waals surface area contributed by atoms with Gasteiger partial charge in [0.2, 0.25) is 0 Å². The standard InChI is InChI=1S/C12H14N2O3/c1-7(12(16)17)5-8-3-4-9-10(6-8)14(2)13-11(9)15/h3-4,6-7H,5H2,1-2H3,(H,13,15)(H,16,17). The summed E-state index contributed by atoms with van der Waals surface area (Å²) in [6, 6.07) is 5.39. The molecule has 0 aliphatic carbocycles. The highest BCUT2D eigenvalue weighted by Gasteiger charge is 2.12. The number of H-pyrrole nitrogens is 1. The van der Waals surface area contributed by atoms with Crippen molar-refractivity contribution in [3.8, 4) is 0 Å². The first-order chi connectivity index (χ1) is 7.99. The second kappa shape index (κ2) is 4.08. The average molecular weight is 234 g/mol. The largest absolute Gasteiger partial charge is 0.481 e. The van der Waals surface area contributed by atoms with Gasteiger partial charge in [0, 0.05) is 7.05 Å². The number of aromatic amines is 1. The number of nitrogens with one attached hydrogen (secondary N) is 1. The number of carboxylic acid groups (broad SMARTS) is 1. The van der Waals surface area contributed by atoms with Crippen molar-refractivity contribution in [1.82, 2.24) is 9.78 Å². The fourth-order valence-electron chi connectivity index (χ4n) is 1.89. The molecule has 0 saturated carbocycles. The van der Waals surface area contributed by atoms with Crippen LogP contribution >= 0.6 is 0 Å². The molecule has 0 fully saturated rings. The summed E-state index contributed by atoms with van der Waals surface area (Å²) in [4.78, 5) is 22.2. The molecule has 0 saturated heterocycles. The maximum atomic E-state index is 11.5. The maximum Gasteiger partial charge on any atom is 0.306 e. The second-order valence-corrected chi connectivity index (χ2v) is 4.29. The summed E-state index contributed by atoms with van der Waals surface area (Å²) in [5.74, 6) is -1.24. The molecule has 0 spiro atoms. The Labute approximate surface area is 97.7 Å². The molecule has 2 rings (SSSR count). The molecule has 1 heterocycles. The molecule has 0 aliphatic heterocycles. The van der Waals surface area contributed by atoms with E-state index in [9.17, 15) is 9.59 Å². The number of nitrogens with zero attached hydrogens (tertiary/aromatic N) is 1. The Bertz CT molecular complexity index is 624. The molecule has 2 N–H and O–H groups in total. The Morgan fingerprint density at radius 2 is 2.24 bits per heavy atom. The van der Waals surface area contributed by atoms with E-state index in [2.05, 4.69) is 5.10 Å². The van der Waals surface area contributed by atoms with Crippen LogP contribution in [0, 0.1) is 5.92 Å². The van der Waals surface area contributed by atoms with E-state index < -0.39 is 11.9 Å². The van der Waals surface area contributed by atoms with E-state index >= 15 is 0 Å². The molecule has 0 radical (unpaired) electrons. The molecule has 1 unspecified atom stereocenters. The zero-order chi connectivity index (χ0) is 12.6. The van der Waals surface area contributed by atoms with Gasteiger partial charge in [0.1, 0.15) is 0 Å². The Balaban J connectivity index is 2.41. The average Bonchev–Trinajstić information content (AvgIpc) is 2.54. The van der Waals surface area contributed by atoms with Crippen molar-refractivity contribution in [2.45, 2.75) is 13.3 Å². The Kier molecular flexibility index (Phi) is 2.75. The monoisotopic (exact) mass is 234 g/mol. The van der Waals surface area contributed by atoms with Gasteiger partial charge in [-0.05, 0) is 24.1 Å². The molecule has 17 heavy (non-hydrogen) atoms. The van der Waals surface area contributed by atoms with Crippen molar-refractivity contribution < 1.29 is 9.90 Å². The van der Waals surface area contributed by atoms with Crippen LogP contribution in [0.2, 0.25) is 0 Å². The zero-order valence-electron chi connectivity index (χ0n) is 9.73. The molecule has 1 aromatic carbocycles. The maximum absolute atomic E-state index is 11.5. The summed E-state index contributed by atoms with van der Waals surface area (Å²) >= 11 is 0. The number of aryl methyl sites for hydroxylation is 1. The molecule has 1 aromatic heterocycles. The van der Waals surface area contributed by atoms with Crippen molar-refractivity contribution in [3.05, 3.63) is 34.1 Å². The van der Waals surface area contributed by atoms with Crippen LogP contribution in [0.3, 0.4) is 0 Å². The van der Waals surface area contributed by atoms with E-state index in [1.807, 2.05) is 6.07 Å². The van der Waals surface area contributed by atoms with Crippen molar-refractivity contribution >= 4 is 16.9 Å². The van der Waals surface area contributed by atoms with Gasteiger partial charge in [0.25, 0.3) is 5.56 Å². The van der Waals surface area contributed by atoms with Crippen LogP contribution < -0.4 is 5.56 Å². The zero-order valence-corrected chi connectivity index (χ0v) is 9.73. The van der Waals surface area contributed by atoms with E-state index in [0.29, 0.717) is 11.8 Å². The second-order valence-electron chi connectivity index (χ2n) is 4.29. The number of hydrogen-bond acceptors (Lipinski definition) is 2. The van der Waals surface area contributed by atoms with Gasteiger partial charge in [0.05, 0.1) is 16.8 Å². The molecule has 0 amide bonds. The summed E-state index contributed by atoms with van der Waals surface area (Å²) in [6.45, 7) is 1.67. The van der Waals surface area contributed by atoms with Crippen molar-refractivity contribution in [3.63, 3.8) is 0 Å². The summed E-state index contributed by atoms with van der Waals surface area (Å²) in [5, 5.41) is 12.1. The van der Waals surface area contributed by atoms with Gasteiger partial charge in [-0.15, -0.1) is 0 Å². The van der Waals surface area contributed by atoms with Crippen molar-refractivity contribution in [2.75, 3.05) is 0 Å². The van der Waals surface area contributed by atoms with Gasteiger partial charge in [-0.1, -0.05) is 13.0 Å². The molecule has 0 bridgehead atoms.